The summed E-state index contributed by atoms with van der Waals surface area (Å²) in [5.41, 5.74) is 2.90. The van der Waals surface area contributed by atoms with E-state index in [-0.39, 0.29) is 5.56 Å². The van der Waals surface area contributed by atoms with E-state index < -0.39 is 12.1 Å². The molecule has 0 amide bonds. The van der Waals surface area contributed by atoms with Gasteiger partial charge >= 0.3 is 5.97 Å². The summed E-state index contributed by atoms with van der Waals surface area (Å²) in [4.78, 5) is 10.6. The summed E-state index contributed by atoms with van der Waals surface area (Å²) >= 11 is 3.14. The summed E-state index contributed by atoms with van der Waals surface area (Å²) in [6.07, 6.45) is -1.60. The molecule has 0 fully saturated rings. The molecule has 0 saturated carbocycles. The van der Waals surface area contributed by atoms with Crippen molar-refractivity contribution in [2.45, 2.75) is 6.10 Å². The number of aliphatic hydroxyl groups is 1. The van der Waals surface area contributed by atoms with Crippen LogP contribution >= 0.6 is 15.9 Å². The van der Waals surface area contributed by atoms with Gasteiger partial charge in [-0.25, -0.2) is 4.79 Å². The Balaban J connectivity index is 3.23. The molecule has 0 heterocycles. The topological polar surface area (TPSA) is 95.6 Å². The van der Waals surface area contributed by atoms with Crippen molar-refractivity contribution in [3.05, 3.63) is 28.2 Å². The molecule has 0 aliphatic rings. The molecule has 76 valence electrons. The summed E-state index contributed by atoms with van der Waals surface area (Å²) < 4.78 is 0.489. The van der Waals surface area contributed by atoms with Crippen molar-refractivity contribution in [2.75, 3.05) is 5.43 Å². The highest BCUT2D eigenvalue weighted by Crippen LogP contribution is 2.30. The average molecular weight is 261 g/mol. The fraction of sp³-hybridized carbons (Fsp3) is 0.125. The lowest BCUT2D eigenvalue weighted by atomic mass is 10.1. The first kappa shape index (κ1) is 11.0. The smallest absolute Gasteiger partial charge is 0.337 e. The van der Waals surface area contributed by atoms with Gasteiger partial charge in [0.25, 0.3) is 0 Å². The number of hydrazine groups is 1. The van der Waals surface area contributed by atoms with Crippen molar-refractivity contribution >= 4 is 27.6 Å². The molecule has 0 spiro atoms. The molecule has 1 atom stereocenters. The molecule has 14 heavy (non-hydrogen) atoms. The Morgan fingerprint density at radius 3 is 2.71 bits per heavy atom. The molecule has 1 aromatic carbocycles. The second kappa shape index (κ2) is 4.41. The molecule has 1 unspecified atom stereocenters. The van der Waals surface area contributed by atoms with Crippen molar-refractivity contribution in [2.24, 2.45) is 5.84 Å². The van der Waals surface area contributed by atoms with E-state index in [0.717, 1.165) is 0 Å². The first-order valence-corrected chi connectivity index (χ1v) is 4.53. The summed E-state index contributed by atoms with van der Waals surface area (Å²) in [6.45, 7) is 0. The van der Waals surface area contributed by atoms with Crippen LogP contribution in [0.25, 0.3) is 0 Å². The standard InChI is InChI=1S/C8H9BrN2O3/c9-4-2-1-3-5(11-10)6(4)7(12)8(13)14/h1-3,7,11-12H,10H2,(H,13,14). The zero-order chi connectivity index (χ0) is 10.7. The van der Waals surface area contributed by atoms with Crippen LogP contribution in [0.2, 0.25) is 0 Å². The molecule has 5 N–H and O–H groups in total. The van der Waals surface area contributed by atoms with Crippen LogP contribution in [0.3, 0.4) is 0 Å². The second-order valence-electron chi connectivity index (χ2n) is 2.59. The molecule has 0 aliphatic heterocycles. The molecular formula is C8H9BrN2O3. The molecule has 0 saturated heterocycles. The summed E-state index contributed by atoms with van der Waals surface area (Å²) in [5, 5.41) is 18.0. The molecular weight excluding hydrogens is 252 g/mol. The highest BCUT2D eigenvalue weighted by molar-refractivity contribution is 9.10. The number of benzene rings is 1. The van der Waals surface area contributed by atoms with E-state index in [4.69, 9.17) is 10.9 Å². The number of aliphatic hydroxyl groups excluding tert-OH is 1. The average Bonchev–Trinajstić information content (AvgIpc) is 2.16. The van der Waals surface area contributed by atoms with Crippen LogP contribution in [-0.4, -0.2) is 16.2 Å². The zero-order valence-corrected chi connectivity index (χ0v) is 8.65. The van der Waals surface area contributed by atoms with E-state index in [0.29, 0.717) is 10.2 Å². The predicted molar refractivity (Wildman–Crippen MR) is 54.5 cm³/mol. The lowest BCUT2D eigenvalue weighted by Crippen LogP contribution is -2.16. The third-order valence-electron chi connectivity index (χ3n) is 1.72. The number of nitrogen functional groups attached to an aromatic ring is 1. The Labute approximate surface area is 88.6 Å². The largest absolute Gasteiger partial charge is 0.479 e. The van der Waals surface area contributed by atoms with Gasteiger partial charge in [-0.2, -0.15) is 0 Å². The van der Waals surface area contributed by atoms with Crippen LogP contribution in [-0.2, 0) is 4.79 Å². The first-order valence-electron chi connectivity index (χ1n) is 3.73. The SMILES string of the molecule is NNc1cccc(Br)c1C(O)C(=O)O. The van der Waals surface area contributed by atoms with E-state index in [9.17, 15) is 9.90 Å². The molecule has 5 nitrogen and oxygen atoms in total. The van der Waals surface area contributed by atoms with Gasteiger partial charge in [0, 0.05) is 10.0 Å². The molecule has 0 radical (unpaired) electrons. The second-order valence-corrected chi connectivity index (χ2v) is 3.44. The van der Waals surface area contributed by atoms with Crippen molar-refractivity contribution in [1.29, 1.82) is 0 Å². The molecule has 0 aliphatic carbocycles. The van der Waals surface area contributed by atoms with E-state index in [1.807, 2.05) is 0 Å². The van der Waals surface area contributed by atoms with Crippen molar-refractivity contribution in [3.8, 4) is 0 Å². The number of carboxylic acids is 1. The quantitative estimate of drug-likeness (QED) is 0.478. The summed E-state index contributed by atoms with van der Waals surface area (Å²) in [6, 6.07) is 4.88. The molecule has 6 heteroatoms. The predicted octanol–water partition coefficient (Wildman–Crippen LogP) is 0.853. The molecule has 0 bridgehead atoms. The molecule has 1 aromatic rings. The van der Waals surface area contributed by atoms with Gasteiger partial charge in [-0.15, -0.1) is 0 Å². The Hall–Kier alpha value is -1.11. The van der Waals surface area contributed by atoms with E-state index >= 15 is 0 Å². The van der Waals surface area contributed by atoms with Gasteiger partial charge in [-0.3, -0.25) is 5.84 Å². The minimum Gasteiger partial charge on any atom is -0.479 e. The summed E-state index contributed by atoms with van der Waals surface area (Å²) in [5.74, 6) is 3.86. The number of nitrogens with one attached hydrogen (secondary N) is 1. The lowest BCUT2D eigenvalue weighted by Gasteiger charge is -2.13. The highest BCUT2D eigenvalue weighted by Gasteiger charge is 2.21. The van der Waals surface area contributed by atoms with Crippen LogP contribution in [0, 0.1) is 0 Å². The van der Waals surface area contributed by atoms with Gasteiger partial charge in [0.1, 0.15) is 0 Å². The van der Waals surface area contributed by atoms with Crippen LogP contribution in [0.15, 0.2) is 22.7 Å². The number of carboxylic acid groups (broad SMARTS) is 1. The highest BCUT2D eigenvalue weighted by atomic mass is 79.9. The minimum absolute atomic E-state index is 0.211. The van der Waals surface area contributed by atoms with Crippen LogP contribution in [0.5, 0.6) is 0 Å². The number of halogens is 1. The first-order chi connectivity index (χ1) is 6.57. The Morgan fingerprint density at radius 1 is 1.57 bits per heavy atom. The summed E-state index contributed by atoms with van der Waals surface area (Å²) in [7, 11) is 0. The van der Waals surface area contributed by atoms with Gasteiger partial charge in [0.2, 0.25) is 0 Å². The fourth-order valence-electron chi connectivity index (χ4n) is 1.06. The maximum atomic E-state index is 10.6. The van der Waals surface area contributed by atoms with Gasteiger partial charge in [-0.05, 0) is 12.1 Å². The number of anilines is 1. The van der Waals surface area contributed by atoms with Gasteiger partial charge in [0.15, 0.2) is 6.10 Å². The van der Waals surface area contributed by atoms with Crippen LogP contribution in [0.1, 0.15) is 11.7 Å². The maximum absolute atomic E-state index is 10.6. The van der Waals surface area contributed by atoms with Crippen molar-refractivity contribution in [3.63, 3.8) is 0 Å². The Kier molecular flexibility index (Phi) is 3.45. The van der Waals surface area contributed by atoms with Crippen LogP contribution < -0.4 is 11.3 Å². The van der Waals surface area contributed by atoms with Crippen molar-refractivity contribution < 1.29 is 15.0 Å². The normalized spacial score (nSPS) is 12.2. The third kappa shape index (κ3) is 2.03. The number of carbonyl (C=O) groups is 1. The monoisotopic (exact) mass is 260 g/mol. The van der Waals surface area contributed by atoms with E-state index in [1.54, 1.807) is 18.2 Å². The number of aliphatic carboxylic acids is 1. The molecule has 0 aromatic heterocycles. The zero-order valence-electron chi connectivity index (χ0n) is 7.07. The fourth-order valence-corrected chi connectivity index (χ4v) is 1.65. The van der Waals surface area contributed by atoms with E-state index in [1.165, 1.54) is 0 Å². The Bertz CT molecular complexity index is 356. The Morgan fingerprint density at radius 2 is 2.21 bits per heavy atom. The van der Waals surface area contributed by atoms with Gasteiger partial charge in [-0.1, -0.05) is 22.0 Å². The third-order valence-corrected chi connectivity index (χ3v) is 2.41. The molecule has 1 rings (SSSR count). The number of nitrogens with two attached hydrogens (primary N) is 1. The minimum atomic E-state index is -1.60. The lowest BCUT2D eigenvalue weighted by molar-refractivity contribution is -0.146. The van der Waals surface area contributed by atoms with Gasteiger partial charge in [0.05, 0.1) is 5.69 Å². The van der Waals surface area contributed by atoms with Gasteiger partial charge < -0.3 is 15.6 Å². The van der Waals surface area contributed by atoms with E-state index in [2.05, 4.69) is 21.4 Å². The maximum Gasteiger partial charge on any atom is 0.337 e. The number of hydrogen-bond donors (Lipinski definition) is 4. The van der Waals surface area contributed by atoms with Crippen molar-refractivity contribution in [1.82, 2.24) is 0 Å². The number of hydrogen-bond acceptors (Lipinski definition) is 4. The van der Waals surface area contributed by atoms with Crippen LogP contribution in [0.4, 0.5) is 5.69 Å². The number of rotatable bonds is 3.